The number of benzene rings is 2. The quantitative estimate of drug-likeness (QED) is 0.711. The van der Waals surface area contributed by atoms with Crippen LogP contribution in [0.5, 0.6) is 5.75 Å². The van der Waals surface area contributed by atoms with Gasteiger partial charge in [0.15, 0.2) is 11.6 Å². The molecule has 6 heteroatoms. The van der Waals surface area contributed by atoms with E-state index in [1.165, 1.54) is 0 Å². The predicted octanol–water partition coefficient (Wildman–Crippen LogP) is 3.98. The second kappa shape index (κ2) is 6.34. The molecule has 0 fully saturated rings. The van der Waals surface area contributed by atoms with Crippen molar-refractivity contribution in [2.75, 3.05) is 5.32 Å². The van der Waals surface area contributed by atoms with E-state index >= 15 is 0 Å². The SMILES string of the molecule is Cc1cccc(-c2nc3n(n2)[C@H](c2ccc(O)cc2)C2=C(CCCC2=O)N3)c1. The number of anilines is 1. The van der Waals surface area contributed by atoms with Gasteiger partial charge in [0, 0.05) is 23.3 Å². The third-order valence-electron chi connectivity index (χ3n) is 5.35. The molecular weight excluding hydrogens is 352 g/mol. The molecule has 1 atom stereocenters. The highest BCUT2D eigenvalue weighted by Gasteiger charge is 2.36. The number of hydrogen-bond acceptors (Lipinski definition) is 5. The molecule has 1 aliphatic carbocycles. The van der Waals surface area contributed by atoms with Crippen molar-refractivity contribution in [2.24, 2.45) is 0 Å². The van der Waals surface area contributed by atoms with Crippen molar-refractivity contribution in [1.29, 1.82) is 0 Å². The van der Waals surface area contributed by atoms with E-state index in [1.807, 2.05) is 37.3 Å². The number of fused-ring (bicyclic) bond motifs is 1. The summed E-state index contributed by atoms with van der Waals surface area (Å²) in [6, 6.07) is 14.7. The zero-order valence-corrected chi connectivity index (χ0v) is 15.5. The van der Waals surface area contributed by atoms with Crippen LogP contribution in [0.3, 0.4) is 0 Å². The van der Waals surface area contributed by atoms with E-state index in [0.717, 1.165) is 40.8 Å². The van der Waals surface area contributed by atoms with Crippen LogP contribution >= 0.6 is 0 Å². The van der Waals surface area contributed by atoms with E-state index in [-0.39, 0.29) is 17.6 Å². The predicted molar refractivity (Wildman–Crippen MR) is 106 cm³/mol. The number of nitrogens with one attached hydrogen (secondary N) is 1. The lowest BCUT2D eigenvalue weighted by molar-refractivity contribution is -0.116. The van der Waals surface area contributed by atoms with Crippen LogP contribution in [0.25, 0.3) is 11.4 Å². The van der Waals surface area contributed by atoms with Crippen LogP contribution in [-0.4, -0.2) is 25.7 Å². The summed E-state index contributed by atoms with van der Waals surface area (Å²) in [6.07, 6.45) is 2.21. The van der Waals surface area contributed by atoms with Gasteiger partial charge in [0.05, 0.1) is 0 Å². The summed E-state index contributed by atoms with van der Waals surface area (Å²) in [6.45, 7) is 2.04. The number of aromatic nitrogens is 3. The van der Waals surface area contributed by atoms with Crippen molar-refractivity contribution >= 4 is 11.7 Å². The van der Waals surface area contributed by atoms with E-state index in [1.54, 1.807) is 16.8 Å². The number of phenolic OH excluding ortho intramolecular Hbond substituents is 1. The Morgan fingerprint density at radius 1 is 1.14 bits per heavy atom. The average molecular weight is 372 g/mol. The molecule has 2 N–H and O–H groups in total. The fourth-order valence-corrected chi connectivity index (χ4v) is 4.03. The number of nitrogens with zero attached hydrogens (tertiary/aromatic N) is 3. The van der Waals surface area contributed by atoms with Gasteiger partial charge in [-0.15, -0.1) is 5.10 Å². The minimum atomic E-state index is -0.342. The van der Waals surface area contributed by atoms with Crippen molar-refractivity contribution in [1.82, 2.24) is 14.8 Å². The summed E-state index contributed by atoms with van der Waals surface area (Å²) < 4.78 is 1.80. The van der Waals surface area contributed by atoms with Crippen LogP contribution in [0.4, 0.5) is 5.95 Å². The number of ketones is 1. The maximum atomic E-state index is 12.8. The number of rotatable bonds is 2. The van der Waals surface area contributed by atoms with Gasteiger partial charge in [-0.25, -0.2) is 4.68 Å². The van der Waals surface area contributed by atoms with Gasteiger partial charge >= 0.3 is 0 Å². The zero-order valence-electron chi connectivity index (χ0n) is 15.5. The molecule has 1 aliphatic heterocycles. The van der Waals surface area contributed by atoms with Crippen LogP contribution in [0, 0.1) is 6.92 Å². The minimum absolute atomic E-state index is 0.144. The molecule has 1 aromatic heterocycles. The summed E-state index contributed by atoms with van der Waals surface area (Å²) in [5.41, 5.74) is 4.68. The molecule has 28 heavy (non-hydrogen) atoms. The number of allylic oxidation sites excluding steroid dienone is 2. The summed E-state index contributed by atoms with van der Waals surface area (Å²) >= 11 is 0. The fourth-order valence-electron chi connectivity index (χ4n) is 4.03. The Morgan fingerprint density at radius 3 is 2.75 bits per heavy atom. The number of Topliss-reactive ketones (excluding diaryl/α,β-unsaturated/α-hetero) is 1. The van der Waals surface area contributed by atoms with Gasteiger partial charge in [-0.1, -0.05) is 35.9 Å². The van der Waals surface area contributed by atoms with Crippen molar-refractivity contribution in [2.45, 2.75) is 32.2 Å². The topological polar surface area (TPSA) is 80.0 Å². The molecule has 2 aliphatic rings. The number of phenols is 1. The van der Waals surface area contributed by atoms with E-state index < -0.39 is 0 Å². The lowest BCUT2D eigenvalue weighted by Gasteiger charge is -2.32. The third-order valence-corrected chi connectivity index (χ3v) is 5.35. The number of carbonyl (C=O) groups is 1. The third kappa shape index (κ3) is 2.69. The molecule has 6 nitrogen and oxygen atoms in total. The molecule has 0 saturated carbocycles. The van der Waals surface area contributed by atoms with Gasteiger partial charge in [0.25, 0.3) is 0 Å². The molecule has 0 spiro atoms. The van der Waals surface area contributed by atoms with Crippen molar-refractivity contribution in [3.05, 3.63) is 70.9 Å². The summed E-state index contributed by atoms with van der Waals surface area (Å²) in [4.78, 5) is 17.5. The van der Waals surface area contributed by atoms with Crippen LogP contribution in [0.15, 0.2) is 59.8 Å². The fraction of sp³-hybridized carbons (Fsp3) is 0.227. The first-order valence-corrected chi connectivity index (χ1v) is 9.46. The van der Waals surface area contributed by atoms with Gasteiger partial charge in [0.2, 0.25) is 5.95 Å². The second-order valence-corrected chi connectivity index (χ2v) is 7.36. The molecule has 0 bridgehead atoms. The summed E-state index contributed by atoms with van der Waals surface area (Å²) in [7, 11) is 0. The van der Waals surface area contributed by atoms with Crippen molar-refractivity contribution in [3.8, 4) is 17.1 Å². The van der Waals surface area contributed by atoms with Crippen LogP contribution in [-0.2, 0) is 4.79 Å². The Kier molecular flexibility index (Phi) is 3.79. The molecule has 3 aromatic rings. The Balaban J connectivity index is 1.68. The number of carbonyl (C=O) groups excluding carboxylic acids is 1. The highest BCUT2D eigenvalue weighted by molar-refractivity contribution is 5.99. The maximum Gasteiger partial charge on any atom is 0.226 e. The maximum absolute atomic E-state index is 12.8. The summed E-state index contributed by atoms with van der Waals surface area (Å²) in [5, 5.41) is 17.8. The van der Waals surface area contributed by atoms with Crippen LogP contribution < -0.4 is 5.32 Å². The molecule has 0 unspecified atom stereocenters. The molecule has 2 heterocycles. The first-order valence-electron chi connectivity index (χ1n) is 9.46. The lowest BCUT2D eigenvalue weighted by Crippen LogP contribution is -2.31. The monoisotopic (exact) mass is 372 g/mol. The molecule has 0 saturated heterocycles. The number of aryl methyl sites for hydroxylation is 1. The lowest BCUT2D eigenvalue weighted by atomic mass is 9.85. The standard InChI is InChI=1S/C22H20N4O2/c1-13-4-2-5-15(12-13)21-24-22-23-17-6-3-7-18(28)19(17)20(26(22)25-21)14-8-10-16(27)11-9-14/h2,4-5,8-12,20,27H,3,6-7H2,1H3,(H,23,24,25)/t20-/m1/s1. The Bertz CT molecular complexity index is 1110. The number of aromatic hydroxyl groups is 1. The van der Waals surface area contributed by atoms with Crippen molar-refractivity contribution in [3.63, 3.8) is 0 Å². The molecule has 0 amide bonds. The van der Waals surface area contributed by atoms with E-state index in [0.29, 0.717) is 18.2 Å². The molecule has 140 valence electrons. The first kappa shape index (κ1) is 16.7. The highest BCUT2D eigenvalue weighted by Crippen LogP contribution is 2.40. The second-order valence-electron chi connectivity index (χ2n) is 7.36. The van der Waals surface area contributed by atoms with Gasteiger partial charge in [0.1, 0.15) is 11.8 Å². The normalized spacial score (nSPS) is 18.5. The van der Waals surface area contributed by atoms with E-state index in [9.17, 15) is 9.90 Å². The van der Waals surface area contributed by atoms with Crippen LogP contribution in [0.2, 0.25) is 0 Å². The first-order chi connectivity index (χ1) is 13.6. The van der Waals surface area contributed by atoms with Crippen LogP contribution in [0.1, 0.15) is 36.4 Å². The largest absolute Gasteiger partial charge is 0.508 e. The Labute approximate surface area is 162 Å². The van der Waals surface area contributed by atoms with Crippen molar-refractivity contribution < 1.29 is 9.90 Å². The number of hydrogen-bond donors (Lipinski definition) is 2. The van der Waals surface area contributed by atoms with Gasteiger partial charge < -0.3 is 10.4 Å². The average Bonchev–Trinajstić information content (AvgIpc) is 3.11. The Morgan fingerprint density at radius 2 is 1.96 bits per heavy atom. The molecular formula is C22H20N4O2. The van der Waals surface area contributed by atoms with Gasteiger partial charge in [-0.3, -0.25) is 4.79 Å². The molecule has 0 radical (unpaired) electrons. The van der Waals surface area contributed by atoms with E-state index in [2.05, 4.69) is 11.4 Å². The molecule has 2 aromatic carbocycles. The molecule has 5 rings (SSSR count). The summed E-state index contributed by atoms with van der Waals surface area (Å²) in [5.74, 6) is 1.61. The van der Waals surface area contributed by atoms with E-state index in [4.69, 9.17) is 10.1 Å². The van der Waals surface area contributed by atoms with Gasteiger partial charge in [-0.2, -0.15) is 4.98 Å². The minimum Gasteiger partial charge on any atom is -0.508 e. The highest BCUT2D eigenvalue weighted by atomic mass is 16.3. The smallest absolute Gasteiger partial charge is 0.226 e. The van der Waals surface area contributed by atoms with Gasteiger partial charge in [-0.05, 0) is 43.5 Å². The Hall–Kier alpha value is -3.41. The zero-order chi connectivity index (χ0) is 19.3.